The molecule has 0 aromatic heterocycles. The number of hydrogen-bond acceptors (Lipinski definition) is 1. The number of benzene rings is 2. The van der Waals surface area contributed by atoms with Crippen LogP contribution in [0.1, 0.15) is 80.9 Å². The van der Waals surface area contributed by atoms with E-state index in [1.54, 1.807) is 18.2 Å². The van der Waals surface area contributed by atoms with E-state index in [0.717, 1.165) is 36.2 Å². The maximum absolute atomic E-state index is 15.1. The molecule has 2 aromatic carbocycles. The lowest BCUT2D eigenvalue weighted by Crippen LogP contribution is -2.30. The molecule has 1 nitrogen and oxygen atoms in total. The molecule has 2 saturated carbocycles. The van der Waals surface area contributed by atoms with Crippen molar-refractivity contribution in [2.24, 2.45) is 17.8 Å². The van der Waals surface area contributed by atoms with Crippen molar-refractivity contribution < 1.29 is 13.5 Å². The molecule has 0 spiro atoms. The van der Waals surface area contributed by atoms with Crippen LogP contribution in [0.4, 0.5) is 8.78 Å². The third kappa shape index (κ3) is 6.63. The third-order valence-corrected chi connectivity index (χ3v) is 7.79. The van der Waals surface area contributed by atoms with Gasteiger partial charge in [0.05, 0.1) is 5.56 Å². The first-order valence-corrected chi connectivity index (χ1v) is 13.0. The lowest BCUT2D eigenvalue weighted by Gasteiger charge is -2.42. The topological polar surface area (TPSA) is 9.23 Å². The maximum Gasteiger partial charge on any atom is 0.142 e. The van der Waals surface area contributed by atoms with Gasteiger partial charge in [-0.25, -0.2) is 8.78 Å². The van der Waals surface area contributed by atoms with Crippen molar-refractivity contribution in [2.75, 3.05) is 6.61 Å². The van der Waals surface area contributed by atoms with Gasteiger partial charge in [-0.15, -0.1) is 0 Å². The molecule has 2 fully saturated rings. The molecule has 0 saturated heterocycles. The zero-order valence-corrected chi connectivity index (χ0v) is 20.7. The zero-order chi connectivity index (χ0) is 24.6. The highest BCUT2D eigenvalue weighted by Gasteiger charge is 2.36. The quantitative estimate of drug-likeness (QED) is 0.288. The lowest BCUT2D eigenvalue weighted by atomic mass is 9.63. The average molecular weight is 475 g/mol. The third-order valence-electron chi connectivity index (χ3n) is 7.79. The summed E-state index contributed by atoms with van der Waals surface area (Å²) in [7, 11) is 0. The molecular formula is C32H36F2O. The average Bonchev–Trinajstić information content (AvgIpc) is 2.87. The molecule has 4 unspecified atom stereocenters. The molecule has 4 atom stereocenters. The second-order valence-corrected chi connectivity index (χ2v) is 10.1. The summed E-state index contributed by atoms with van der Waals surface area (Å²) in [5.74, 6) is 8.22. The Kier molecular flexibility index (Phi) is 8.80. The summed E-state index contributed by atoms with van der Waals surface area (Å²) >= 11 is 0. The Bertz CT molecular complexity index is 1110. The van der Waals surface area contributed by atoms with Crippen LogP contribution in [0.5, 0.6) is 5.75 Å². The molecule has 0 aliphatic heterocycles. The second-order valence-electron chi connectivity index (χ2n) is 10.1. The van der Waals surface area contributed by atoms with Crippen LogP contribution in [0.3, 0.4) is 0 Å². The van der Waals surface area contributed by atoms with Crippen molar-refractivity contribution in [1.29, 1.82) is 0 Å². The molecule has 184 valence electrons. The standard InChI is InChI=1S/C32H36F2O/c1-3-5-6-7-23-9-12-27-21-28(14-13-26(27)19-23)30-17-10-24(20-32(30)34)8-11-25-15-16-29(22-31(25)33)35-18-4-2/h3-5,10,15-17,20,22-23,26-28H,2,6-7,9,12-14,18-19,21H2,1H3/b5-3+. The van der Waals surface area contributed by atoms with Gasteiger partial charge in [-0.1, -0.05) is 49.1 Å². The molecule has 0 radical (unpaired) electrons. The summed E-state index contributed by atoms with van der Waals surface area (Å²) in [6.45, 7) is 5.99. The first kappa shape index (κ1) is 25.2. The van der Waals surface area contributed by atoms with E-state index in [1.165, 1.54) is 50.7 Å². The number of allylic oxidation sites excluding steroid dienone is 2. The normalized spacial score (nSPS) is 23.9. The van der Waals surface area contributed by atoms with Gasteiger partial charge in [0.2, 0.25) is 0 Å². The zero-order valence-electron chi connectivity index (χ0n) is 20.7. The molecule has 2 aliphatic rings. The lowest BCUT2D eigenvalue weighted by molar-refractivity contribution is 0.114. The van der Waals surface area contributed by atoms with Gasteiger partial charge in [-0.3, -0.25) is 0 Å². The Morgan fingerprint density at radius 2 is 1.80 bits per heavy atom. The van der Waals surface area contributed by atoms with Crippen LogP contribution >= 0.6 is 0 Å². The Morgan fingerprint density at radius 1 is 0.971 bits per heavy atom. The molecule has 4 rings (SSSR count). The first-order valence-electron chi connectivity index (χ1n) is 13.0. The highest BCUT2D eigenvalue weighted by Crippen LogP contribution is 2.48. The molecule has 0 bridgehead atoms. The SMILES string of the molecule is C=CCOc1ccc(C#Cc2ccc(C3CCC4CC(CC/C=C/C)CCC4C3)c(F)c2)c(F)c1. The van der Waals surface area contributed by atoms with E-state index in [9.17, 15) is 4.39 Å². The van der Waals surface area contributed by atoms with E-state index < -0.39 is 5.82 Å². The Morgan fingerprint density at radius 3 is 2.57 bits per heavy atom. The van der Waals surface area contributed by atoms with Crippen LogP contribution in [0, 0.1) is 41.2 Å². The van der Waals surface area contributed by atoms with Crippen LogP contribution in [-0.4, -0.2) is 6.61 Å². The van der Waals surface area contributed by atoms with E-state index in [1.807, 2.05) is 12.1 Å². The highest BCUT2D eigenvalue weighted by molar-refractivity contribution is 5.46. The fourth-order valence-corrected chi connectivity index (χ4v) is 5.95. The summed E-state index contributed by atoms with van der Waals surface area (Å²) in [6.07, 6.45) is 15.9. The van der Waals surface area contributed by atoms with Gasteiger partial charge in [0.1, 0.15) is 24.0 Å². The van der Waals surface area contributed by atoms with Crippen molar-refractivity contribution >= 4 is 0 Å². The predicted molar refractivity (Wildman–Crippen MR) is 139 cm³/mol. The van der Waals surface area contributed by atoms with E-state index in [4.69, 9.17) is 4.74 Å². The fourth-order valence-electron chi connectivity index (χ4n) is 5.95. The summed E-state index contributed by atoms with van der Waals surface area (Å²) < 4.78 is 34.8. The molecule has 2 aromatic rings. The van der Waals surface area contributed by atoms with Crippen molar-refractivity contribution in [3.8, 4) is 17.6 Å². The minimum absolute atomic E-state index is 0.186. The van der Waals surface area contributed by atoms with Gasteiger partial charge in [-0.2, -0.15) is 0 Å². The molecule has 0 N–H and O–H groups in total. The molecule has 3 heteroatoms. The fraction of sp³-hybridized carbons (Fsp3) is 0.438. The van der Waals surface area contributed by atoms with E-state index in [0.29, 0.717) is 23.8 Å². The number of hydrogen-bond donors (Lipinski definition) is 0. The number of ether oxygens (including phenoxy) is 1. The van der Waals surface area contributed by atoms with Crippen molar-refractivity contribution in [1.82, 2.24) is 0 Å². The van der Waals surface area contributed by atoms with Crippen LogP contribution < -0.4 is 4.74 Å². The number of rotatable bonds is 7. The van der Waals surface area contributed by atoms with Gasteiger partial charge in [-0.05, 0) is 105 Å². The van der Waals surface area contributed by atoms with Crippen LogP contribution in [0.15, 0.2) is 61.2 Å². The first-order chi connectivity index (χ1) is 17.1. The minimum Gasteiger partial charge on any atom is -0.489 e. The van der Waals surface area contributed by atoms with E-state index in [2.05, 4.69) is 37.5 Å². The van der Waals surface area contributed by atoms with Gasteiger partial charge >= 0.3 is 0 Å². The molecule has 0 amide bonds. The van der Waals surface area contributed by atoms with Crippen molar-refractivity contribution in [3.63, 3.8) is 0 Å². The Balaban J connectivity index is 1.37. The van der Waals surface area contributed by atoms with Crippen LogP contribution in [0.2, 0.25) is 0 Å². The van der Waals surface area contributed by atoms with Gasteiger partial charge in [0.15, 0.2) is 0 Å². The van der Waals surface area contributed by atoms with Crippen LogP contribution in [-0.2, 0) is 0 Å². The predicted octanol–water partition coefficient (Wildman–Crippen LogP) is 8.59. The van der Waals surface area contributed by atoms with Crippen molar-refractivity contribution in [2.45, 2.75) is 64.2 Å². The van der Waals surface area contributed by atoms with Crippen LogP contribution in [0.25, 0.3) is 0 Å². The summed E-state index contributed by atoms with van der Waals surface area (Å²) in [5.41, 5.74) is 1.65. The monoisotopic (exact) mass is 474 g/mol. The van der Waals surface area contributed by atoms with E-state index in [-0.39, 0.29) is 11.4 Å². The highest BCUT2D eigenvalue weighted by atomic mass is 19.1. The minimum atomic E-state index is -0.454. The van der Waals surface area contributed by atoms with E-state index >= 15 is 4.39 Å². The molecule has 2 aliphatic carbocycles. The van der Waals surface area contributed by atoms with Crippen molar-refractivity contribution in [3.05, 3.63) is 89.5 Å². The summed E-state index contributed by atoms with van der Waals surface area (Å²) in [5, 5.41) is 0. The van der Waals surface area contributed by atoms with Gasteiger partial charge < -0.3 is 4.74 Å². The summed E-state index contributed by atoms with van der Waals surface area (Å²) in [6, 6.07) is 9.84. The second kappa shape index (κ2) is 12.2. The Hall–Kier alpha value is -2.86. The molecular weight excluding hydrogens is 438 g/mol. The van der Waals surface area contributed by atoms with Gasteiger partial charge in [0, 0.05) is 11.6 Å². The van der Waals surface area contributed by atoms with Gasteiger partial charge in [0.25, 0.3) is 0 Å². The smallest absolute Gasteiger partial charge is 0.142 e. The molecule has 0 heterocycles. The molecule has 35 heavy (non-hydrogen) atoms. The largest absolute Gasteiger partial charge is 0.489 e. The number of halogens is 2. The number of fused-ring (bicyclic) bond motifs is 1. The Labute approximate surface area is 209 Å². The maximum atomic E-state index is 15.1. The summed E-state index contributed by atoms with van der Waals surface area (Å²) in [4.78, 5) is 0.